The molecule has 0 heterocycles. The summed E-state index contributed by atoms with van der Waals surface area (Å²) < 4.78 is 41.5. The molecule has 1 aromatic rings. The quantitative estimate of drug-likeness (QED) is 0.670. The highest BCUT2D eigenvalue weighted by atomic mass is 19.4. The molecule has 1 atom stereocenters. The number of primary amides is 2. The summed E-state index contributed by atoms with van der Waals surface area (Å²) in [7, 11) is 0. The molecule has 0 aliphatic rings. The number of benzene rings is 1. The van der Waals surface area contributed by atoms with Crippen molar-refractivity contribution in [3.05, 3.63) is 29.8 Å². The fourth-order valence-electron chi connectivity index (χ4n) is 1.51. The number of halogens is 3. The molecule has 0 saturated carbocycles. The summed E-state index contributed by atoms with van der Waals surface area (Å²) in [5, 5.41) is 2.03. The van der Waals surface area contributed by atoms with Gasteiger partial charge in [0.15, 0.2) is 6.61 Å². The molecule has 5 N–H and O–H groups in total. The van der Waals surface area contributed by atoms with Gasteiger partial charge in [-0.3, -0.25) is 14.9 Å². The fourth-order valence-corrected chi connectivity index (χ4v) is 1.51. The van der Waals surface area contributed by atoms with E-state index in [1.54, 1.807) is 0 Å². The normalized spacial score (nSPS) is 12.7. The second kappa shape index (κ2) is 6.93. The topological polar surface area (TPSA) is 107 Å². The molecule has 1 aromatic carbocycles. The van der Waals surface area contributed by atoms with Crippen LogP contribution in [0, 0.1) is 0 Å². The third kappa shape index (κ3) is 6.13. The van der Waals surface area contributed by atoms with Gasteiger partial charge in [-0.2, -0.15) is 13.2 Å². The van der Waals surface area contributed by atoms with E-state index in [9.17, 15) is 22.8 Å². The molecule has 0 aromatic heterocycles. The number of alkyl halides is 3. The Labute approximate surface area is 118 Å². The van der Waals surface area contributed by atoms with Gasteiger partial charge in [-0.1, -0.05) is 12.1 Å². The second-order valence-corrected chi connectivity index (χ2v) is 4.16. The third-order valence-electron chi connectivity index (χ3n) is 2.39. The van der Waals surface area contributed by atoms with Crippen LogP contribution in [0.5, 0.6) is 5.75 Å². The molecule has 2 amide bonds. The van der Waals surface area contributed by atoms with Crippen LogP contribution in [0.4, 0.5) is 13.2 Å². The Kier molecular flexibility index (Phi) is 5.53. The molecule has 1 rings (SSSR count). The molecule has 9 heteroatoms. The minimum Gasteiger partial charge on any atom is -0.484 e. The zero-order chi connectivity index (χ0) is 16.0. The van der Waals surface area contributed by atoms with Crippen molar-refractivity contribution in [2.75, 3.05) is 13.2 Å². The van der Waals surface area contributed by atoms with Crippen molar-refractivity contribution in [3.8, 4) is 5.75 Å². The first-order chi connectivity index (χ1) is 9.69. The summed E-state index contributed by atoms with van der Waals surface area (Å²) in [6.45, 7) is -1.68. The summed E-state index contributed by atoms with van der Waals surface area (Å²) >= 11 is 0. The Morgan fingerprint density at radius 2 is 1.76 bits per heavy atom. The van der Waals surface area contributed by atoms with Crippen molar-refractivity contribution in [1.29, 1.82) is 0 Å². The van der Waals surface area contributed by atoms with Crippen molar-refractivity contribution in [2.45, 2.75) is 12.2 Å². The fraction of sp³-hybridized carbons (Fsp3) is 0.333. The first-order valence-corrected chi connectivity index (χ1v) is 5.79. The lowest BCUT2D eigenvalue weighted by Gasteiger charge is -2.17. The Balaban J connectivity index is 2.75. The highest BCUT2D eigenvalue weighted by molar-refractivity contribution is 5.81. The molecular weight excluding hydrogens is 291 g/mol. The first-order valence-electron chi connectivity index (χ1n) is 5.79. The number of rotatable bonds is 7. The van der Waals surface area contributed by atoms with E-state index in [0.717, 1.165) is 0 Å². The Hall–Kier alpha value is -2.29. The summed E-state index contributed by atoms with van der Waals surface area (Å²) in [6.07, 6.45) is -4.46. The average Bonchev–Trinajstić information content (AvgIpc) is 2.36. The number of nitrogens with two attached hydrogens (primary N) is 2. The van der Waals surface area contributed by atoms with Crippen molar-refractivity contribution >= 4 is 11.8 Å². The van der Waals surface area contributed by atoms with E-state index < -0.39 is 30.6 Å². The van der Waals surface area contributed by atoms with Crippen LogP contribution in [0.1, 0.15) is 11.6 Å². The molecule has 0 fully saturated rings. The largest absolute Gasteiger partial charge is 0.484 e. The van der Waals surface area contributed by atoms with E-state index in [0.29, 0.717) is 0 Å². The second-order valence-electron chi connectivity index (χ2n) is 4.16. The predicted octanol–water partition coefficient (Wildman–Crippen LogP) is 0.229. The highest BCUT2D eigenvalue weighted by Crippen LogP contribution is 2.20. The zero-order valence-electron chi connectivity index (χ0n) is 10.8. The van der Waals surface area contributed by atoms with Crippen LogP contribution in [0.2, 0.25) is 0 Å². The molecule has 6 nitrogen and oxygen atoms in total. The van der Waals surface area contributed by atoms with E-state index in [4.69, 9.17) is 16.2 Å². The maximum Gasteiger partial charge on any atom is 0.401 e. The molecular formula is C12H14F3N3O3. The Morgan fingerprint density at radius 1 is 1.19 bits per heavy atom. The molecule has 0 radical (unpaired) electrons. The Morgan fingerprint density at radius 3 is 2.19 bits per heavy atom. The molecule has 0 spiro atoms. The van der Waals surface area contributed by atoms with Crippen molar-refractivity contribution in [3.63, 3.8) is 0 Å². The first kappa shape index (κ1) is 16.8. The number of hydrogen-bond acceptors (Lipinski definition) is 4. The standard InChI is InChI=1S/C12H14F3N3O3/c13-12(14,15)6-18-10(11(17)20)7-1-3-8(4-2-7)21-5-9(16)19/h1-4,10,18H,5-6H2,(H2,16,19)(H2,17,20). The number of hydrogen-bond donors (Lipinski definition) is 3. The van der Waals surface area contributed by atoms with Gasteiger partial charge < -0.3 is 16.2 Å². The van der Waals surface area contributed by atoms with Gasteiger partial charge in [0, 0.05) is 0 Å². The van der Waals surface area contributed by atoms with E-state index in [-0.39, 0.29) is 17.9 Å². The van der Waals surface area contributed by atoms with Gasteiger partial charge in [0.2, 0.25) is 5.91 Å². The van der Waals surface area contributed by atoms with Gasteiger partial charge in [-0.05, 0) is 17.7 Å². The average molecular weight is 305 g/mol. The molecule has 0 aliphatic carbocycles. The molecule has 1 unspecified atom stereocenters. The van der Waals surface area contributed by atoms with Crippen LogP contribution in [-0.2, 0) is 9.59 Å². The van der Waals surface area contributed by atoms with Crippen LogP contribution in [-0.4, -0.2) is 31.1 Å². The number of nitrogens with one attached hydrogen (secondary N) is 1. The maximum atomic E-state index is 12.2. The van der Waals surface area contributed by atoms with Gasteiger partial charge in [0.05, 0.1) is 6.54 Å². The summed E-state index contributed by atoms with van der Waals surface area (Å²) in [5.41, 5.74) is 10.2. The summed E-state index contributed by atoms with van der Waals surface area (Å²) in [6, 6.07) is 4.24. The van der Waals surface area contributed by atoms with Crippen LogP contribution < -0.4 is 21.5 Å². The molecule has 21 heavy (non-hydrogen) atoms. The van der Waals surface area contributed by atoms with Crippen LogP contribution in [0.3, 0.4) is 0 Å². The number of ether oxygens (including phenoxy) is 1. The number of amides is 2. The number of carbonyl (C=O) groups is 2. The minimum absolute atomic E-state index is 0.248. The smallest absolute Gasteiger partial charge is 0.401 e. The highest BCUT2D eigenvalue weighted by Gasteiger charge is 2.30. The van der Waals surface area contributed by atoms with E-state index >= 15 is 0 Å². The van der Waals surface area contributed by atoms with Gasteiger partial charge >= 0.3 is 6.18 Å². The third-order valence-corrected chi connectivity index (χ3v) is 2.39. The lowest BCUT2D eigenvalue weighted by Crippen LogP contribution is -2.38. The monoisotopic (exact) mass is 305 g/mol. The van der Waals surface area contributed by atoms with E-state index in [1.165, 1.54) is 24.3 Å². The van der Waals surface area contributed by atoms with Crippen molar-refractivity contribution < 1.29 is 27.5 Å². The summed E-state index contributed by atoms with van der Waals surface area (Å²) in [4.78, 5) is 21.8. The van der Waals surface area contributed by atoms with Crippen molar-refractivity contribution in [2.24, 2.45) is 11.5 Å². The number of carbonyl (C=O) groups excluding carboxylic acids is 2. The lowest BCUT2D eigenvalue weighted by atomic mass is 10.1. The molecule has 0 bridgehead atoms. The predicted molar refractivity (Wildman–Crippen MR) is 67.1 cm³/mol. The van der Waals surface area contributed by atoms with Gasteiger partial charge in [-0.15, -0.1) is 0 Å². The van der Waals surface area contributed by atoms with Gasteiger partial charge in [0.25, 0.3) is 5.91 Å². The molecule has 0 saturated heterocycles. The van der Waals surface area contributed by atoms with Crippen molar-refractivity contribution in [1.82, 2.24) is 5.32 Å². The van der Waals surface area contributed by atoms with E-state index in [1.807, 2.05) is 5.32 Å². The molecule has 116 valence electrons. The Bertz CT molecular complexity index is 503. The zero-order valence-corrected chi connectivity index (χ0v) is 10.8. The maximum absolute atomic E-state index is 12.2. The van der Waals surface area contributed by atoms with Gasteiger partial charge in [0.1, 0.15) is 11.8 Å². The van der Waals surface area contributed by atoms with E-state index in [2.05, 4.69) is 0 Å². The minimum atomic E-state index is -4.46. The van der Waals surface area contributed by atoms with Gasteiger partial charge in [-0.25, -0.2) is 0 Å². The summed E-state index contributed by atoms with van der Waals surface area (Å²) in [5.74, 6) is -1.32. The van der Waals surface area contributed by atoms with Crippen LogP contribution in [0.25, 0.3) is 0 Å². The molecule has 0 aliphatic heterocycles. The lowest BCUT2D eigenvalue weighted by molar-refractivity contribution is -0.131. The van der Waals surface area contributed by atoms with Crippen LogP contribution in [0.15, 0.2) is 24.3 Å². The SMILES string of the molecule is NC(=O)COc1ccc(C(NCC(F)(F)F)C(N)=O)cc1. The van der Waals surface area contributed by atoms with Crippen LogP contribution >= 0.6 is 0 Å².